The number of ether oxygens (including phenoxy) is 2. The summed E-state index contributed by atoms with van der Waals surface area (Å²) in [5, 5.41) is 1.98. The highest BCUT2D eigenvalue weighted by molar-refractivity contribution is 7.93. The molecule has 0 saturated carbocycles. The van der Waals surface area contributed by atoms with Gasteiger partial charge in [0.25, 0.3) is 15.9 Å². The molecule has 8 nitrogen and oxygen atoms in total. The first-order valence-electron chi connectivity index (χ1n) is 9.70. The fourth-order valence-corrected chi connectivity index (χ4v) is 5.04. The van der Waals surface area contributed by atoms with Crippen LogP contribution in [0.5, 0.6) is 11.5 Å². The van der Waals surface area contributed by atoms with Crippen molar-refractivity contribution in [3.05, 3.63) is 60.1 Å². The molecule has 10 heteroatoms. The van der Waals surface area contributed by atoms with Crippen LogP contribution in [0.25, 0.3) is 0 Å². The van der Waals surface area contributed by atoms with E-state index in [2.05, 4.69) is 9.71 Å². The van der Waals surface area contributed by atoms with E-state index in [1.807, 2.05) is 19.1 Å². The van der Waals surface area contributed by atoms with Gasteiger partial charge in [0.2, 0.25) is 0 Å². The highest BCUT2D eigenvalue weighted by atomic mass is 32.2. The van der Waals surface area contributed by atoms with Gasteiger partial charge in [0.1, 0.15) is 0 Å². The maximum Gasteiger partial charge on any atom is 0.268 e. The van der Waals surface area contributed by atoms with Crippen LogP contribution in [0.4, 0.5) is 10.8 Å². The van der Waals surface area contributed by atoms with Gasteiger partial charge in [-0.05, 0) is 43.3 Å². The van der Waals surface area contributed by atoms with E-state index in [0.29, 0.717) is 41.9 Å². The number of anilines is 2. The van der Waals surface area contributed by atoms with E-state index in [1.165, 1.54) is 29.7 Å². The van der Waals surface area contributed by atoms with E-state index in [4.69, 9.17) is 9.47 Å². The summed E-state index contributed by atoms with van der Waals surface area (Å²) in [4.78, 5) is 18.5. The normalized spacial score (nSPS) is 16.4. The highest BCUT2D eigenvalue weighted by Crippen LogP contribution is 2.31. The molecule has 0 bridgehead atoms. The monoisotopic (exact) mass is 461 g/mol. The lowest BCUT2D eigenvalue weighted by atomic mass is 10.2. The average Bonchev–Trinajstić information content (AvgIpc) is 3.39. The Morgan fingerprint density at radius 2 is 1.94 bits per heavy atom. The first-order chi connectivity index (χ1) is 15.0. The van der Waals surface area contributed by atoms with Crippen LogP contribution < -0.4 is 19.1 Å². The molecule has 1 aromatic heterocycles. The second kappa shape index (κ2) is 8.94. The summed E-state index contributed by atoms with van der Waals surface area (Å²) < 4.78 is 38.9. The number of thiazole rings is 1. The fourth-order valence-electron chi connectivity index (χ4n) is 3.25. The number of carbonyl (C=O) groups is 1. The van der Waals surface area contributed by atoms with Crippen LogP contribution in [0.1, 0.15) is 14.8 Å². The van der Waals surface area contributed by atoms with Crippen LogP contribution in [0.15, 0.2) is 65.0 Å². The Balaban J connectivity index is 0.00000289. The van der Waals surface area contributed by atoms with E-state index >= 15 is 0 Å². The summed E-state index contributed by atoms with van der Waals surface area (Å²) in [7, 11) is -3.74. The molecule has 0 aliphatic carbocycles. The van der Waals surface area contributed by atoms with Gasteiger partial charge in [0.05, 0.1) is 11.5 Å². The van der Waals surface area contributed by atoms with Gasteiger partial charge in [-0.1, -0.05) is 12.1 Å². The SMILES string of the molecule is CCOc1ccccc1OC1CCN(c2ccc(S(=O)(=O)Nc3nccs3)cc2)C1=O.[HH]. The van der Waals surface area contributed by atoms with Crippen molar-refractivity contribution in [1.82, 2.24) is 4.98 Å². The van der Waals surface area contributed by atoms with Crippen LogP contribution >= 0.6 is 11.3 Å². The van der Waals surface area contributed by atoms with Crippen LogP contribution in [-0.4, -0.2) is 38.6 Å². The molecule has 1 fully saturated rings. The quantitative estimate of drug-likeness (QED) is 0.548. The van der Waals surface area contributed by atoms with Gasteiger partial charge in [0.15, 0.2) is 22.7 Å². The summed E-state index contributed by atoms with van der Waals surface area (Å²) >= 11 is 1.20. The van der Waals surface area contributed by atoms with Crippen molar-refractivity contribution in [3.63, 3.8) is 0 Å². The predicted octanol–water partition coefficient (Wildman–Crippen LogP) is 3.77. The molecular formula is C21H23N3O5S2. The molecule has 2 heterocycles. The second-order valence-electron chi connectivity index (χ2n) is 6.70. The van der Waals surface area contributed by atoms with Crippen molar-refractivity contribution in [2.24, 2.45) is 0 Å². The highest BCUT2D eigenvalue weighted by Gasteiger charge is 2.35. The Hall–Kier alpha value is -3.11. The van der Waals surface area contributed by atoms with Crippen molar-refractivity contribution in [2.45, 2.75) is 24.3 Å². The van der Waals surface area contributed by atoms with Crippen molar-refractivity contribution in [3.8, 4) is 11.5 Å². The Morgan fingerprint density at radius 1 is 1.19 bits per heavy atom. The average molecular weight is 462 g/mol. The Bertz CT molecular complexity index is 1150. The summed E-state index contributed by atoms with van der Waals surface area (Å²) in [5.74, 6) is 0.945. The molecule has 1 N–H and O–H groups in total. The van der Waals surface area contributed by atoms with Crippen molar-refractivity contribution < 1.29 is 24.1 Å². The number of benzene rings is 2. The van der Waals surface area contributed by atoms with Gasteiger partial charge in [-0.3, -0.25) is 9.52 Å². The number of rotatable bonds is 8. The number of hydrogen-bond donors (Lipinski definition) is 1. The third kappa shape index (κ3) is 4.64. The third-order valence-electron chi connectivity index (χ3n) is 4.69. The molecule has 31 heavy (non-hydrogen) atoms. The summed E-state index contributed by atoms with van der Waals surface area (Å²) in [6.07, 6.45) is 1.41. The minimum Gasteiger partial charge on any atom is -0.490 e. The Labute approximate surface area is 186 Å². The predicted molar refractivity (Wildman–Crippen MR) is 120 cm³/mol. The van der Waals surface area contributed by atoms with Crippen molar-refractivity contribution >= 4 is 38.1 Å². The van der Waals surface area contributed by atoms with E-state index in [1.54, 1.807) is 34.5 Å². The number of sulfonamides is 1. The van der Waals surface area contributed by atoms with E-state index in [0.717, 1.165) is 0 Å². The molecule has 1 aliphatic rings. The van der Waals surface area contributed by atoms with Gasteiger partial charge >= 0.3 is 0 Å². The number of nitrogens with one attached hydrogen (secondary N) is 1. The third-order valence-corrected chi connectivity index (χ3v) is 6.86. The lowest BCUT2D eigenvalue weighted by Gasteiger charge is -2.18. The van der Waals surface area contributed by atoms with Crippen LogP contribution in [0.2, 0.25) is 0 Å². The van der Waals surface area contributed by atoms with Gasteiger partial charge in [-0.15, -0.1) is 11.3 Å². The molecule has 1 amide bonds. The van der Waals surface area contributed by atoms with E-state index in [9.17, 15) is 13.2 Å². The number of para-hydroxylation sites is 2. The first-order valence-corrected chi connectivity index (χ1v) is 12.1. The molecule has 1 atom stereocenters. The molecule has 164 valence electrons. The zero-order chi connectivity index (χ0) is 21.8. The molecule has 3 aromatic rings. The van der Waals surface area contributed by atoms with Gasteiger partial charge < -0.3 is 14.4 Å². The first kappa shape index (κ1) is 21.1. The second-order valence-corrected chi connectivity index (χ2v) is 9.28. The van der Waals surface area contributed by atoms with Crippen molar-refractivity contribution in [2.75, 3.05) is 22.8 Å². The summed E-state index contributed by atoms with van der Waals surface area (Å²) in [6.45, 7) is 2.86. The molecule has 0 radical (unpaired) electrons. The zero-order valence-corrected chi connectivity index (χ0v) is 18.4. The molecule has 0 spiro atoms. The maximum atomic E-state index is 12.9. The summed E-state index contributed by atoms with van der Waals surface area (Å²) in [5.41, 5.74) is 0.613. The largest absolute Gasteiger partial charge is 0.490 e. The number of aromatic nitrogens is 1. The van der Waals surface area contributed by atoms with Gasteiger partial charge in [-0.25, -0.2) is 13.4 Å². The smallest absolute Gasteiger partial charge is 0.268 e. The minimum absolute atomic E-state index is 0. The zero-order valence-electron chi connectivity index (χ0n) is 16.7. The van der Waals surface area contributed by atoms with Crippen LogP contribution in [-0.2, 0) is 14.8 Å². The molecule has 1 saturated heterocycles. The fraction of sp³-hybridized carbons (Fsp3) is 0.238. The van der Waals surface area contributed by atoms with Crippen LogP contribution in [0, 0.1) is 0 Å². The molecule has 2 aromatic carbocycles. The number of hydrogen-bond acceptors (Lipinski definition) is 7. The molecule has 1 aliphatic heterocycles. The van der Waals surface area contributed by atoms with Crippen molar-refractivity contribution in [1.29, 1.82) is 0 Å². The number of nitrogens with zero attached hydrogens (tertiary/aromatic N) is 2. The Morgan fingerprint density at radius 3 is 2.61 bits per heavy atom. The lowest BCUT2D eigenvalue weighted by Crippen LogP contribution is -2.32. The maximum absolute atomic E-state index is 12.9. The van der Waals surface area contributed by atoms with E-state index < -0.39 is 16.1 Å². The van der Waals surface area contributed by atoms with Gasteiger partial charge in [0, 0.05) is 31.7 Å². The molecular weight excluding hydrogens is 438 g/mol. The number of carbonyl (C=O) groups excluding carboxylic acids is 1. The summed E-state index contributed by atoms with van der Waals surface area (Å²) in [6, 6.07) is 13.4. The van der Waals surface area contributed by atoms with E-state index in [-0.39, 0.29) is 12.2 Å². The number of amides is 1. The topological polar surface area (TPSA) is 97.8 Å². The van der Waals surface area contributed by atoms with Crippen LogP contribution in [0.3, 0.4) is 0 Å². The Kier molecular flexibility index (Phi) is 6.10. The molecule has 4 rings (SSSR count). The lowest BCUT2D eigenvalue weighted by molar-refractivity contribution is -0.122. The standard InChI is InChI=1S/C21H21N3O5S2.H2/c1-2-28-17-5-3-4-6-18(17)29-19-11-13-24(20(19)25)15-7-9-16(10-8-15)31(26,27)23-21-22-12-14-30-21;/h3-10,12,14,19H,2,11,13H2,1H3,(H,22,23);1H. The molecule has 1 unspecified atom stereocenters. The minimum atomic E-state index is -3.74. The van der Waals surface area contributed by atoms with Gasteiger partial charge in [-0.2, -0.15) is 0 Å².